The Morgan fingerprint density at radius 3 is 2.23 bits per heavy atom. The molecule has 0 unspecified atom stereocenters. The number of rotatable bonds is 2. The number of benzene rings is 1. The van der Waals surface area contributed by atoms with Gasteiger partial charge in [-0.2, -0.15) is 0 Å². The summed E-state index contributed by atoms with van der Waals surface area (Å²) in [5.74, 6) is 2.46. The van der Waals surface area contributed by atoms with Gasteiger partial charge in [0, 0.05) is 6.42 Å². The van der Waals surface area contributed by atoms with Crippen LogP contribution in [0.5, 0.6) is 0 Å². The first-order chi connectivity index (χ1) is 6.04. The largest absolute Gasteiger partial charge is 0.238 e. The third kappa shape index (κ3) is 2.58. The van der Waals surface area contributed by atoms with Crippen molar-refractivity contribution in [2.75, 3.05) is 0 Å². The fourth-order valence-electron chi connectivity index (χ4n) is 0.915. The van der Waals surface area contributed by atoms with Gasteiger partial charge >= 0.3 is 0 Å². The van der Waals surface area contributed by atoms with Crippen molar-refractivity contribution in [3.05, 3.63) is 29.8 Å². The van der Waals surface area contributed by atoms with E-state index >= 15 is 0 Å². The van der Waals surface area contributed by atoms with Crippen molar-refractivity contribution in [2.45, 2.75) is 11.3 Å². The van der Waals surface area contributed by atoms with Crippen LogP contribution in [0.2, 0.25) is 0 Å². The standard InChI is InChI=1S/C9H9NO2S/c1-2-3-8-4-6-9(7-5-8)13(10,11)12/h1,4-7H,3H2,(H2,10,11,12). The summed E-state index contributed by atoms with van der Waals surface area (Å²) in [6.45, 7) is 0. The van der Waals surface area contributed by atoms with Crippen LogP contribution >= 0.6 is 0 Å². The van der Waals surface area contributed by atoms with Crippen molar-refractivity contribution >= 4 is 10.0 Å². The average Bonchev–Trinajstić information content (AvgIpc) is 2.04. The zero-order valence-electron chi connectivity index (χ0n) is 6.90. The van der Waals surface area contributed by atoms with Gasteiger partial charge in [0.25, 0.3) is 0 Å². The lowest BCUT2D eigenvalue weighted by Crippen LogP contribution is -2.11. The molecule has 0 fully saturated rings. The van der Waals surface area contributed by atoms with Crippen LogP contribution < -0.4 is 5.14 Å². The average molecular weight is 195 g/mol. The van der Waals surface area contributed by atoms with E-state index in [1.54, 1.807) is 12.1 Å². The number of terminal acetylenes is 1. The van der Waals surface area contributed by atoms with Gasteiger partial charge in [0.15, 0.2) is 0 Å². The predicted molar refractivity (Wildman–Crippen MR) is 50.4 cm³/mol. The second-order valence-electron chi connectivity index (χ2n) is 2.57. The summed E-state index contributed by atoms with van der Waals surface area (Å²) in [4.78, 5) is 0.105. The molecule has 2 N–H and O–H groups in total. The molecule has 0 aromatic heterocycles. The van der Waals surface area contributed by atoms with Gasteiger partial charge in [-0.25, -0.2) is 13.6 Å². The highest BCUT2D eigenvalue weighted by molar-refractivity contribution is 7.89. The Kier molecular flexibility index (Phi) is 2.71. The number of hydrogen-bond donors (Lipinski definition) is 1. The molecule has 4 heteroatoms. The summed E-state index contributed by atoms with van der Waals surface area (Å²) in [7, 11) is -3.59. The maximum absolute atomic E-state index is 10.8. The summed E-state index contributed by atoms with van der Waals surface area (Å²) < 4.78 is 21.7. The molecule has 0 amide bonds. The van der Waals surface area contributed by atoms with E-state index in [0.29, 0.717) is 6.42 Å². The lowest BCUT2D eigenvalue weighted by atomic mass is 10.2. The Hall–Kier alpha value is -1.31. The van der Waals surface area contributed by atoms with Crippen LogP contribution in [-0.4, -0.2) is 8.42 Å². The zero-order chi connectivity index (χ0) is 9.90. The molecule has 3 nitrogen and oxygen atoms in total. The van der Waals surface area contributed by atoms with Crippen molar-refractivity contribution in [1.29, 1.82) is 0 Å². The fourth-order valence-corrected chi connectivity index (χ4v) is 1.43. The molecular weight excluding hydrogens is 186 g/mol. The number of nitrogens with two attached hydrogens (primary N) is 1. The topological polar surface area (TPSA) is 60.2 Å². The Morgan fingerprint density at radius 2 is 1.85 bits per heavy atom. The number of sulfonamides is 1. The lowest BCUT2D eigenvalue weighted by Gasteiger charge is -1.98. The van der Waals surface area contributed by atoms with Gasteiger partial charge in [0.1, 0.15) is 0 Å². The molecule has 1 aromatic carbocycles. The first-order valence-corrected chi connectivity index (χ1v) is 5.14. The monoisotopic (exact) mass is 195 g/mol. The van der Waals surface area contributed by atoms with Gasteiger partial charge in [-0.1, -0.05) is 12.1 Å². The molecule has 0 aliphatic rings. The minimum absolute atomic E-state index is 0.105. The zero-order valence-corrected chi connectivity index (χ0v) is 7.71. The summed E-state index contributed by atoms with van der Waals surface area (Å²) in [6.07, 6.45) is 5.58. The van der Waals surface area contributed by atoms with Crippen molar-refractivity contribution in [2.24, 2.45) is 5.14 Å². The van der Waals surface area contributed by atoms with E-state index in [0.717, 1.165) is 5.56 Å². The van der Waals surface area contributed by atoms with Gasteiger partial charge < -0.3 is 0 Å². The lowest BCUT2D eigenvalue weighted by molar-refractivity contribution is 0.598. The van der Waals surface area contributed by atoms with E-state index in [9.17, 15) is 8.42 Å². The van der Waals surface area contributed by atoms with Crippen LogP contribution in [0.25, 0.3) is 0 Å². The van der Waals surface area contributed by atoms with Gasteiger partial charge in [-0.05, 0) is 17.7 Å². The third-order valence-corrected chi connectivity index (χ3v) is 2.49. The maximum Gasteiger partial charge on any atom is 0.238 e. The van der Waals surface area contributed by atoms with Crippen LogP contribution in [0.1, 0.15) is 5.56 Å². The Morgan fingerprint density at radius 1 is 1.31 bits per heavy atom. The van der Waals surface area contributed by atoms with E-state index < -0.39 is 10.0 Å². The molecule has 0 aliphatic carbocycles. The van der Waals surface area contributed by atoms with E-state index in [4.69, 9.17) is 11.6 Å². The Balaban J connectivity index is 3.03. The highest BCUT2D eigenvalue weighted by atomic mass is 32.2. The van der Waals surface area contributed by atoms with Crippen LogP contribution in [0.3, 0.4) is 0 Å². The van der Waals surface area contributed by atoms with Crippen molar-refractivity contribution in [1.82, 2.24) is 0 Å². The summed E-state index contributed by atoms with van der Waals surface area (Å²) in [5, 5.41) is 4.91. The summed E-state index contributed by atoms with van der Waals surface area (Å²) in [6, 6.07) is 6.20. The first-order valence-electron chi connectivity index (χ1n) is 3.59. The number of primary sulfonamides is 1. The minimum Gasteiger partial charge on any atom is -0.225 e. The molecule has 0 aliphatic heterocycles. The van der Waals surface area contributed by atoms with Crippen molar-refractivity contribution in [3.63, 3.8) is 0 Å². The van der Waals surface area contributed by atoms with Crippen LogP contribution in [0.4, 0.5) is 0 Å². The molecule has 13 heavy (non-hydrogen) atoms. The quantitative estimate of drug-likeness (QED) is 0.699. The Bertz CT molecular complexity index is 426. The normalized spacial score (nSPS) is 10.8. The predicted octanol–water partition coefficient (Wildman–Crippen LogP) is 0.510. The molecule has 1 rings (SSSR count). The molecule has 0 saturated heterocycles. The first kappa shape index (κ1) is 9.78. The Labute approximate surface area is 77.6 Å². The van der Waals surface area contributed by atoms with Crippen LogP contribution in [-0.2, 0) is 16.4 Å². The van der Waals surface area contributed by atoms with E-state index in [1.807, 2.05) is 0 Å². The third-order valence-electron chi connectivity index (χ3n) is 1.56. The van der Waals surface area contributed by atoms with Gasteiger partial charge in [0.2, 0.25) is 10.0 Å². The van der Waals surface area contributed by atoms with E-state index in [-0.39, 0.29) is 4.90 Å². The molecule has 0 spiro atoms. The van der Waals surface area contributed by atoms with Crippen molar-refractivity contribution in [3.8, 4) is 12.3 Å². The maximum atomic E-state index is 10.8. The summed E-state index contributed by atoms with van der Waals surface area (Å²) in [5.41, 5.74) is 0.898. The van der Waals surface area contributed by atoms with Crippen LogP contribution in [0.15, 0.2) is 29.2 Å². The molecule has 0 radical (unpaired) electrons. The number of hydrogen-bond acceptors (Lipinski definition) is 2. The molecule has 68 valence electrons. The van der Waals surface area contributed by atoms with E-state index in [2.05, 4.69) is 5.92 Å². The molecule has 1 aromatic rings. The molecule has 0 heterocycles. The summed E-state index contributed by atoms with van der Waals surface area (Å²) >= 11 is 0. The fraction of sp³-hybridized carbons (Fsp3) is 0.111. The van der Waals surface area contributed by atoms with E-state index in [1.165, 1.54) is 12.1 Å². The molecule has 0 saturated carbocycles. The molecule has 0 atom stereocenters. The highest BCUT2D eigenvalue weighted by Gasteiger charge is 2.05. The van der Waals surface area contributed by atoms with Crippen molar-refractivity contribution < 1.29 is 8.42 Å². The molecular formula is C9H9NO2S. The molecule has 0 bridgehead atoms. The van der Waals surface area contributed by atoms with Gasteiger partial charge in [0.05, 0.1) is 4.90 Å². The second-order valence-corrected chi connectivity index (χ2v) is 4.13. The van der Waals surface area contributed by atoms with Gasteiger partial charge in [-0.15, -0.1) is 12.3 Å². The van der Waals surface area contributed by atoms with Crippen LogP contribution in [0, 0.1) is 12.3 Å². The smallest absolute Gasteiger partial charge is 0.225 e. The second kappa shape index (κ2) is 3.60. The SMILES string of the molecule is C#CCc1ccc(S(N)(=O)=O)cc1. The highest BCUT2D eigenvalue weighted by Crippen LogP contribution is 2.08. The van der Waals surface area contributed by atoms with Gasteiger partial charge in [-0.3, -0.25) is 0 Å². The minimum atomic E-state index is -3.59.